The van der Waals surface area contributed by atoms with E-state index in [4.69, 9.17) is 0 Å². The Balaban J connectivity index is -0.000000155. The Morgan fingerprint density at radius 1 is 0.158 bits per heavy atom. The van der Waals surface area contributed by atoms with E-state index in [0.29, 0.717) is 65.2 Å². The van der Waals surface area contributed by atoms with Gasteiger partial charge in [0.05, 0.1) is 0 Å². The van der Waals surface area contributed by atoms with Gasteiger partial charge in [0.25, 0.3) is 0 Å². The fraction of sp³-hybridized carbons (Fsp3) is 1.00. The SMILES string of the molecule is CC.CC.CC.CC.CC.CC.CC.CC.CC.CC.CC(C)(C)C1(C(C)(C)C)CCCCCC1.CC(C)C1(C(C)(C)C)CC1.CC(C)C1(C(C)(C)C)CCCCC1.CC(C)C1(C(C)C)CCC1.CC(C)C1(C(C)C)CCC1.CC(C)C1(C(C)C)CCCC1.CC(C)C1(C(C)C)CCCCC1.CC(C)C1(C(C)C)CCCN1.CC(C)C1(C(C)C)CCN1.CC(C)C1(C(C)C)CCNC1. The average Bonchev–Trinajstić information content (AvgIpc) is 1.65. The van der Waals surface area contributed by atoms with Crippen molar-refractivity contribution in [3.63, 3.8) is 0 Å². The Hall–Kier alpha value is -0.120. The molecule has 3 heterocycles. The molecule has 3 saturated heterocycles. The maximum absolute atomic E-state index is 3.67. The van der Waals surface area contributed by atoms with Gasteiger partial charge in [-0.25, -0.2) is 0 Å². The van der Waals surface area contributed by atoms with Crippen LogP contribution < -0.4 is 16.0 Å². The van der Waals surface area contributed by atoms with Gasteiger partial charge >= 0.3 is 0 Å². The monoisotopic (exact) mass is 1890 g/mol. The van der Waals surface area contributed by atoms with Gasteiger partial charge in [-0.2, -0.15) is 0 Å². The van der Waals surface area contributed by atoms with Crippen LogP contribution in [0.25, 0.3) is 0 Å². The molecule has 10 fully saturated rings. The Kier molecular flexibility index (Phi) is 89.0. The zero-order valence-electron chi connectivity index (χ0n) is 107. The Morgan fingerprint density at radius 3 is 0.466 bits per heavy atom. The first kappa shape index (κ1) is 153. The van der Waals surface area contributed by atoms with Crippen LogP contribution in [0.4, 0.5) is 0 Å². The molecule has 7 saturated carbocycles. The smallest absolute Gasteiger partial charge is 0.0239 e. The van der Waals surface area contributed by atoms with E-state index in [9.17, 15) is 0 Å². The second kappa shape index (κ2) is 77.4. The number of nitrogens with one attached hydrogen (secondary N) is 3. The maximum Gasteiger partial charge on any atom is 0.0239 e. The fourth-order valence-corrected chi connectivity index (χ4v) is 27.3. The van der Waals surface area contributed by atoms with E-state index in [1.165, 1.54) is 232 Å². The molecule has 818 valence electrons. The molecule has 133 heavy (non-hydrogen) atoms. The van der Waals surface area contributed by atoms with Crippen molar-refractivity contribution in [3.8, 4) is 0 Å². The number of hydrogen-bond donors (Lipinski definition) is 3. The molecule has 7 aliphatic carbocycles. The standard InChI is InChI=1S/C15H30.C13H26.C12H24.C11H22.2C10H21N.3C10H20.C9H19N.10C2H6/c1-13(2,3)15(14(4,5)6)11-9-7-8-10-12-15;1-11(2)13(12(3,4)5)9-7-6-8-10-13;1-10(2)12(11(3)4)8-6-5-7-9-12;1-9(2)11(10(3)4)7-5-6-8-11;1-8(2)10(9(3)4)5-6-11-7-10;1-8(2)10(9(3)4)6-5-7-11-10;1-8(2)10(6-7-10)9(3,4)5;2*1-8(2)10(9(3)4)6-5-7-10;1-7(2)9(8(3)4)5-6-10-9;10*1-2/h7-12H2,1-6H3;11H,6-10H2,1-5H3;10-11H,5-9H2,1-4H3;9-10H,5-8H2,1-4H3;2*8-9,11H,5-7H2,1-4H3;8H,6-7H2,1-5H3;2*8-9H,5-7H2,1-4H3;7-8,10H,5-6H2,1-4H3;10*1-2H3. The first-order valence-electron chi connectivity index (χ1n) is 60.9. The molecule has 10 rings (SSSR count). The zero-order valence-corrected chi connectivity index (χ0v) is 107. The maximum atomic E-state index is 3.67. The Labute approximate surface area is 856 Å². The average molecular weight is 1890 g/mol. The summed E-state index contributed by atoms with van der Waals surface area (Å²) in [5.41, 5.74) is 8.06. The van der Waals surface area contributed by atoms with E-state index in [-0.39, 0.29) is 0 Å². The van der Waals surface area contributed by atoms with Gasteiger partial charge in [0.15, 0.2) is 0 Å². The third-order valence-electron chi connectivity index (χ3n) is 37.5. The molecule has 0 amide bonds. The topological polar surface area (TPSA) is 36.1 Å². The van der Waals surface area contributed by atoms with Crippen molar-refractivity contribution in [2.45, 2.75) is 660 Å². The van der Waals surface area contributed by atoms with Crippen LogP contribution in [-0.4, -0.2) is 37.3 Å². The molecule has 0 aromatic rings. The van der Waals surface area contributed by atoms with Crippen LogP contribution in [0.15, 0.2) is 0 Å². The molecule has 0 spiro atoms. The van der Waals surface area contributed by atoms with Gasteiger partial charge in [-0.3, -0.25) is 0 Å². The van der Waals surface area contributed by atoms with Crippen LogP contribution in [0.1, 0.15) is 649 Å². The van der Waals surface area contributed by atoms with E-state index >= 15 is 0 Å². The summed E-state index contributed by atoms with van der Waals surface area (Å²) >= 11 is 0. The summed E-state index contributed by atoms with van der Waals surface area (Å²) in [5.74, 6) is 13.5. The highest BCUT2D eigenvalue weighted by Gasteiger charge is 2.54. The lowest BCUT2D eigenvalue weighted by Crippen LogP contribution is -2.63. The minimum Gasteiger partial charge on any atom is -0.316 e. The summed E-state index contributed by atoms with van der Waals surface area (Å²) in [6.07, 6.45) is 46.4. The Morgan fingerprint density at radius 2 is 0.361 bits per heavy atom. The van der Waals surface area contributed by atoms with Gasteiger partial charge in [0.1, 0.15) is 0 Å². The largest absolute Gasteiger partial charge is 0.316 e. The third-order valence-corrected chi connectivity index (χ3v) is 37.5. The highest BCUT2D eigenvalue weighted by Crippen LogP contribution is 2.64. The summed E-state index contributed by atoms with van der Waals surface area (Å²) < 4.78 is 0. The normalized spacial score (nSPS) is 20.4. The van der Waals surface area contributed by atoms with E-state index in [1.54, 1.807) is 0 Å². The minimum absolute atomic E-state index is 0.440. The highest BCUT2D eigenvalue weighted by molar-refractivity contribution is 5.05. The summed E-state index contributed by atoms with van der Waals surface area (Å²) in [4.78, 5) is 0. The molecule has 3 heteroatoms. The van der Waals surface area contributed by atoms with Crippen LogP contribution in [0.3, 0.4) is 0 Å². The van der Waals surface area contributed by atoms with Crippen molar-refractivity contribution in [2.24, 2.45) is 160 Å². The molecule has 0 radical (unpaired) electrons. The lowest BCUT2D eigenvalue weighted by Gasteiger charge is -2.54. The van der Waals surface area contributed by atoms with Crippen molar-refractivity contribution < 1.29 is 0 Å². The Bertz CT molecular complexity index is 2170. The summed E-state index contributed by atoms with van der Waals surface area (Å²) in [6.45, 7) is 150. The lowest BCUT2D eigenvalue weighted by atomic mass is 9.51. The van der Waals surface area contributed by atoms with Gasteiger partial charge in [-0.05, 0) is 295 Å². The van der Waals surface area contributed by atoms with Gasteiger partial charge in [0.2, 0.25) is 0 Å². The summed E-state index contributed by atoms with van der Waals surface area (Å²) in [7, 11) is 0. The van der Waals surface area contributed by atoms with Crippen LogP contribution in [0.2, 0.25) is 0 Å². The second-order valence-corrected chi connectivity index (χ2v) is 50.2. The molecular weight excluding hydrogens is 1600 g/mol. The summed E-state index contributed by atoms with van der Waals surface area (Å²) in [6, 6.07) is 0. The predicted octanol–water partition coefficient (Wildman–Crippen LogP) is 45.6. The van der Waals surface area contributed by atoms with E-state index in [0.717, 1.165) is 106 Å². The minimum atomic E-state index is 0.440. The van der Waals surface area contributed by atoms with E-state index < -0.39 is 0 Å². The van der Waals surface area contributed by atoms with Crippen LogP contribution >= 0.6 is 0 Å². The van der Waals surface area contributed by atoms with Crippen molar-refractivity contribution >= 4 is 0 Å². The first-order valence-corrected chi connectivity index (χ1v) is 60.9. The van der Waals surface area contributed by atoms with Crippen molar-refractivity contribution in [1.82, 2.24) is 16.0 Å². The van der Waals surface area contributed by atoms with Crippen LogP contribution in [0, 0.1) is 160 Å². The van der Waals surface area contributed by atoms with Crippen molar-refractivity contribution in [1.29, 1.82) is 0 Å². The van der Waals surface area contributed by atoms with Gasteiger partial charge in [-0.1, -0.05) is 533 Å². The molecule has 10 aliphatic rings. The second-order valence-electron chi connectivity index (χ2n) is 50.2. The molecular formula is C130H283N3. The number of hydrogen-bond acceptors (Lipinski definition) is 3. The van der Waals surface area contributed by atoms with Crippen LogP contribution in [0.5, 0.6) is 0 Å². The highest BCUT2D eigenvalue weighted by atomic mass is 15.1. The molecule has 0 bridgehead atoms. The quantitative estimate of drug-likeness (QED) is 0.135. The zero-order chi connectivity index (χ0) is 108. The molecule has 0 aromatic carbocycles. The molecule has 0 aromatic heterocycles. The fourth-order valence-electron chi connectivity index (χ4n) is 27.3. The third kappa shape index (κ3) is 46.4. The summed E-state index contributed by atoms with van der Waals surface area (Å²) in [5, 5.41) is 10.7. The van der Waals surface area contributed by atoms with Gasteiger partial charge in [0, 0.05) is 17.6 Å². The molecule has 3 aliphatic heterocycles. The number of rotatable bonds is 16. The molecule has 3 nitrogen and oxygen atoms in total. The molecule has 0 atom stereocenters. The molecule has 3 N–H and O–H groups in total. The lowest BCUT2D eigenvalue weighted by molar-refractivity contribution is -0.0462. The molecule has 0 unspecified atom stereocenters. The van der Waals surface area contributed by atoms with Gasteiger partial charge in [-0.15, -0.1) is 0 Å². The predicted molar refractivity (Wildman–Crippen MR) is 630 cm³/mol. The van der Waals surface area contributed by atoms with Crippen LogP contribution in [-0.2, 0) is 0 Å². The van der Waals surface area contributed by atoms with E-state index in [2.05, 4.69) is 321 Å². The van der Waals surface area contributed by atoms with Crippen molar-refractivity contribution in [3.05, 3.63) is 0 Å². The van der Waals surface area contributed by atoms with Gasteiger partial charge < -0.3 is 16.0 Å². The first-order chi connectivity index (χ1) is 61.7. The van der Waals surface area contributed by atoms with Crippen molar-refractivity contribution in [2.75, 3.05) is 26.2 Å². The van der Waals surface area contributed by atoms with E-state index in [1.807, 2.05) is 138 Å².